The number of carbonyl (C=O) groups excluding carboxylic acids is 1. The Morgan fingerprint density at radius 3 is 2.32 bits per heavy atom. The molecule has 1 heterocycles. The Labute approximate surface area is 200 Å². The molecule has 6 heteroatoms. The van der Waals surface area contributed by atoms with E-state index in [4.69, 9.17) is 14.3 Å². The molecular formula is C28H30N2O4. The monoisotopic (exact) mass is 458 g/mol. The van der Waals surface area contributed by atoms with Crippen LogP contribution in [0.2, 0.25) is 0 Å². The minimum absolute atomic E-state index is 0.0178. The Morgan fingerprint density at radius 2 is 1.62 bits per heavy atom. The summed E-state index contributed by atoms with van der Waals surface area (Å²) in [5.74, 6) is 0.619. The third-order valence-corrected chi connectivity index (χ3v) is 5.65. The van der Waals surface area contributed by atoms with Crippen LogP contribution in [0.15, 0.2) is 84.0 Å². The third kappa shape index (κ3) is 6.93. The summed E-state index contributed by atoms with van der Waals surface area (Å²) in [7, 11) is 0. The van der Waals surface area contributed by atoms with E-state index in [1.165, 1.54) is 5.56 Å². The van der Waals surface area contributed by atoms with Gasteiger partial charge in [-0.2, -0.15) is 0 Å². The van der Waals surface area contributed by atoms with Gasteiger partial charge in [-0.3, -0.25) is 4.79 Å². The van der Waals surface area contributed by atoms with Gasteiger partial charge in [-0.1, -0.05) is 65.3 Å². The summed E-state index contributed by atoms with van der Waals surface area (Å²) in [6.07, 6.45) is 0.643. The second kappa shape index (κ2) is 12.0. The Morgan fingerprint density at radius 1 is 0.912 bits per heavy atom. The average Bonchev–Trinajstić information content (AvgIpc) is 2.89. The van der Waals surface area contributed by atoms with Gasteiger partial charge in [0.25, 0.3) is 5.91 Å². The quantitative estimate of drug-likeness (QED) is 0.352. The number of morpholine rings is 1. The van der Waals surface area contributed by atoms with E-state index in [2.05, 4.69) is 36.3 Å². The zero-order chi connectivity index (χ0) is 23.6. The maximum Gasteiger partial charge on any atom is 0.260 e. The fraction of sp³-hybridized carbons (Fsp3) is 0.286. The molecular weight excluding hydrogens is 428 g/mol. The lowest BCUT2D eigenvalue weighted by Gasteiger charge is -2.26. The van der Waals surface area contributed by atoms with Crippen molar-refractivity contribution in [2.24, 2.45) is 5.16 Å². The Bertz CT molecular complexity index is 1070. The standard InChI is InChI=1S/C28H30N2O4/c1-22-7-9-24(10-8-22)20-34-29-27(19-23-5-3-2-4-6-23)25-11-13-26(14-12-25)33-21-28(31)30-15-17-32-18-16-30/h2-14H,15-21H2,1H3/b29-27-. The van der Waals surface area contributed by atoms with Crippen LogP contribution in [0, 0.1) is 6.92 Å². The SMILES string of the molecule is Cc1ccc(CO/N=C(/Cc2ccccc2)c2ccc(OCC(=O)N3CCOCC3)cc2)cc1. The lowest BCUT2D eigenvalue weighted by atomic mass is 10.0. The molecule has 4 rings (SSSR count). The number of oxime groups is 1. The summed E-state index contributed by atoms with van der Waals surface area (Å²) in [5, 5.41) is 4.48. The van der Waals surface area contributed by atoms with Crippen molar-refractivity contribution in [3.8, 4) is 5.75 Å². The van der Waals surface area contributed by atoms with Gasteiger partial charge < -0.3 is 19.2 Å². The average molecular weight is 459 g/mol. The molecule has 34 heavy (non-hydrogen) atoms. The van der Waals surface area contributed by atoms with E-state index in [1.807, 2.05) is 54.6 Å². The third-order valence-electron chi connectivity index (χ3n) is 5.65. The summed E-state index contributed by atoms with van der Waals surface area (Å²) in [5.41, 5.74) is 5.21. The smallest absolute Gasteiger partial charge is 0.260 e. The highest BCUT2D eigenvalue weighted by molar-refractivity contribution is 6.01. The van der Waals surface area contributed by atoms with Gasteiger partial charge in [0.05, 0.1) is 18.9 Å². The number of nitrogens with zero attached hydrogens (tertiary/aromatic N) is 2. The first-order chi connectivity index (χ1) is 16.7. The highest BCUT2D eigenvalue weighted by Gasteiger charge is 2.17. The molecule has 1 fully saturated rings. The molecule has 1 aliphatic rings. The second-order valence-electron chi connectivity index (χ2n) is 8.27. The van der Waals surface area contributed by atoms with Crippen LogP contribution < -0.4 is 4.74 Å². The maximum atomic E-state index is 12.3. The number of rotatable bonds is 9. The first-order valence-corrected chi connectivity index (χ1v) is 11.5. The van der Waals surface area contributed by atoms with Crippen LogP contribution in [0.1, 0.15) is 22.3 Å². The van der Waals surface area contributed by atoms with Gasteiger partial charge in [0.1, 0.15) is 12.4 Å². The number of hydrogen-bond acceptors (Lipinski definition) is 5. The first-order valence-electron chi connectivity index (χ1n) is 11.5. The minimum Gasteiger partial charge on any atom is -0.484 e. The summed E-state index contributed by atoms with van der Waals surface area (Å²) in [4.78, 5) is 19.8. The van der Waals surface area contributed by atoms with Crippen LogP contribution in [0.25, 0.3) is 0 Å². The molecule has 1 saturated heterocycles. The molecule has 6 nitrogen and oxygen atoms in total. The van der Waals surface area contributed by atoms with Crippen LogP contribution in [-0.4, -0.2) is 49.4 Å². The summed E-state index contributed by atoms with van der Waals surface area (Å²) >= 11 is 0. The van der Waals surface area contributed by atoms with Gasteiger partial charge in [-0.15, -0.1) is 0 Å². The predicted molar refractivity (Wildman–Crippen MR) is 132 cm³/mol. The highest BCUT2D eigenvalue weighted by atomic mass is 16.6. The zero-order valence-electron chi connectivity index (χ0n) is 19.5. The van der Waals surface area contributed by atoms with Crippen molar-refractivity contribution in [1.29, 1.82) is 0 Å². The van der Waals surface area contributed by atoms with Crippen molar-refractivity contribution in [2.45, 2.75) is 20.0 Å². The van der Waals surface area contributed by atoms with E-state index in [9.17, 15) is 4.79 Å². The topological polar surface area (TPSA) is 60.4 Å². The Balaban J connectivity index is 1.41. The largest absolute Gasteiger partial charge is 0.484 e. The Kier molecular flexibility index (Phi) is 8.30. The van der Waals surface area contributed by atoms with E-state index < -0.39 is 0 Å². The van der Waals surface area contributed by atoms with E-state index >= 15 is 0 Å². The van der Waals surface area contributed by atoms with Crippen LogP contribution in [-0.2, 0) is 27.4 Å². The fourth-order valence-corrected chi connectivity index (χ4v) is 3.64. The molecule has 3 aromatic rings. The van der Waals surface area contributed by atoms with Crippen LogP contribution in [0.4, 0.5) is 0 Å². The molecule has 0 spiro atoms. The molecule has 0 saturated carbocycles. The summed E-state index contributed by atoms with van der Waals surface area (Å²) in [6, 6.07) is 26.0. The van der Waals surface area contributed by atoms with Gasteiger partial charge in [-0.25, -0.2) is 0 Å². The molecule has 0 bridgehead atoms. The van der Waals surface area contributed by atoms with Gasteiger partial charge >= 0.3 is 0 Å². The number of carbonyl (C=O) groups is 1. The molecule has 0 radical (unpaired) electrons. The molecule has 176 valence electrons. The number of amides is 1. The van der Waals surface area contributed by atoms with Crippen molar-refractivity contribution in [1.82, 2.24) is 4.90 Å². The van der Waals surface area contributed by atoms with E-state index in [1.54, 1.807) is 4.90 Å². The molecule has 1 amide bonds. The molecule has 1 aliphatic heterocycles. The van der Waals surface area contributed by atoms with Crippen molar-refractivity contribution in [2.75, 3.05) is 32.9 Å². The first kappa shape index (κ1) is 23.5. The number of benzene rings is 3. The van der Waals surface area contributed by atoms with Gasteiger partial charge in [0.2, 0.25) is 0 Å². The summed E-state index contributed by atoms with van der Waals surface area (Å²) in [6.45, 7) is 4.87. The Hall–Kier alpha value is -3.64. The fourth-order valence-electron chi connectivity index (χ4n) is 3.64. The predicted octanol–water partition coefficient (Wildman–Crippen LogP) is 4.40. The van der Waals surface area contributed by atoms with Crippen LogP contribution in [0.5, 0.6) is 5.75 Å². The lowest BCUT2D eigenvalue weighted by Crippen LogP contribution is -2.42. The van der Waals surface area contributed by atoms with Crippen molar-refractivity contribution >= 4 is 11.6 Å². The van der Waals surface area contributed by atoms with Gasteiger partial charge in [0, 0.05) is 19.5 Å². The van der Waals surface area contributed by atoms with E-state index in [0.29, 0.717) is 45.1 Å². The molecule has 3 aromatic carbocycles. The molecule has 0 aromatic heterocycles. The number of hydrogen-bond donors (Lipinski definition) is 0. The number of aryl methyl sites for hydroxylation is 1. The van der Waals surface area contributed by atoms with Crippen molar-refractivity contribution < 1.29 is 19.1 Å². The molecule has 0 atom stereocenters. The van der Waals surface area contributed by atoms with Gasteiger partial charge in [0.15, 0.2) is 6.61 Å². The van der Waals surface area contributed by atoms with Crippen LogP contribution >= 0.6 is 0 Å². The van der Waals surface area contributed by atoms with Crippen LogP contribution in [0.3, 0.4) is 0 Å². The molecule has 0 N–H and O–H groups in total. The molecule has 0 unspecified atom stereocenters. The highest BCUT2D eigenvalue weighted by Crippen LogP contribution is 2.16. The summed E-state index contributed by atoms with van der Waals surface area (Å²) < 4.78 is 11.0. The van der Waals surface area contributed by atoms with E-state index in [0.717, 1.165) is 22.4 Å². The number of ether oxygens (including phenoxy) is 2. The van der Waals surface area contributed by atoms with Crippen molar-refractivity contribution in [3.05, 3.63) is 101 Å². The maximum absolute atomic E-state index is 12.3. The second-order valence-corrected chi connectivity index (χ2v) is 8.27. The zero-order valence-corrected chi connectivity index (χ0v) is 19.5. The normalized spacial score (nSPS) is 14.0. The van der Waals surface area contributed by atoms with E-state index in [-0.39, 0.29) is 12.5 Å². The molecule has 0 aliphatic carbocycles. The van der Waals surface area contributed by atoms with Crippen molar-refractivity contribution in [3.63, 3.8) is 0 Å². The van der Waals surface area contributed by atoms with Gasteiger partial charge in [-0.05, 0) is 47.9 Å². The minimum atomic E-state index is -0.0248. The lowest BCUT2D eigenvalue weighted by molar-refractivity contribution is -0.137.